The number of non-ortho nitro benzene ring substituents is 1. The third kappa shape index (κ3) is 4.70. The quantitative estimate of drug-likeness (QED) is 0.426. The van der Waals surface area contributed by atoms with Crippen molar-refractivity contribution in [3.05, 3.63) is 52.6 Å². The Morgan fingerprint density at radius 2 is 2.00 bits per heavy atom. The highest BCUT2D eigenvalue weighted by molar-refractivity contribution is 7.91. The van der Waals surface area contributed by atoms with Crippen LogP contribution in [0.2, 0.25) is 0 Å². The van der Waals surface area contributed by atoms with Gasteiger partial charge in [0, 0.05) is 6.07 Å². The number of nitrogens with zero attached hydrogens (tertiary/aromatic N) is 1. The zero-order chi connectivity index (χ0) is 19.3. The monoisotopic (exact) mass is 380 g/mol. The Morgan fingerprint density at radius 1 is 1.27 bits per heavy atom. The number of carbonyl (C=O) groups excluding carboxylic acids is 1. The number of hydrogen-bond acceptors (Lipinski definition) is 7. The van der Waals surface area contributed by atoms with E-state index in [0.29, 0.717) is 0 Å². The van der Waals surface area contributed by atoms with Crippen molar-refractivity contribution in [3.8, 4) is 11.5 Å². The highest BCUT2D eigenvalue weighted by atomic mass is 32.2. The lowest BCUT2D eigenvalue weighted by atomic mass is 10.3. The number of carbonyl (C=O) groups is 1. The lowest BCUT2D eigenvalue weighted by molar-refractivity contribution is -0.384. The van der Waals surface area contributed by atoms with Gasteiger partial charge in [0.05, 0.1) is 27.3 Å². The van der Waals surface area contributed by atoms with Crippen LogP contribution in [0, 0.1) is 10.1 Å². The molecule has 0 spiro atoms. The Morgan fingerprint density at radius 3 is 2.65 bits per heavy atom. The molecule has 0 radical (unpaired) electrons. The van der Waals surface area contributed by atoms with E-state index in [0.717, 1.165) is 6.07 Å². The van der Waals surface area contributed by atoms with Crippen LogP contribution in [0.3, 0.4) is 0 Å². The fourth-order valence-electron chi connectivity index (χ4n) is 2.00. The Labute approximate surface area is 149 Å². The highest BCUT2D eigenvalue weighted by Crippen LogP contribution is 2.27. The van der Waals surface area contributed by atoms with Crippen LogP contribution in [0.15, 0.2) is 47.4 Å². The van der Waals surface area contributed by atoms with E-state index in [1.165, 1.54) is 43.3 Å². The molecule has 0 heterocycles. The highest BCUT2D eigenvalue weighted by Gasteiger charge is 2.16. The minimum atomic E-state index is -3.50. The Kier molecular flexibility index (Phi) is 5.78. The van der Waals surface area contributed by atoms with Crippen molar-refractivity contribution in [2.24, 2.45) is 0 Å². The SMILES string of the molecule is CCS(=O)(=O)c1ccc(O)c(NC(=O)COc2cccc([N+](=O)[O-])c2)c1. The molecule has 10 heteroatoms. The Balaban J connectivity index is 2.07. The number of aromatic hydroxyl groups is 1. The summed E-state index contributed by atoms with van der Waals surface area (Å²) >= 11 is 0. The zero-order valence-corrected chi connectivity index (χ0v) is 14.5. The van der Waals surface area contributed by atoms with E-state index in [1.807, 2.05) is 0 Å². The molecule has 9 nitrogen and oxygen atoms in total. The summed E-state index contributed by atoms with van der Waals surface area (Å²) in [5.41, 5.74) is -0.259. The van der Waals surface area contributed by atoms with Gasteiger partial charge < -0.3 is 15.2 Å². The number of benzene rings is 2. The van der Waals surface area contributed by atoms with Crippen LogP contribution in [-0.2, 0) is 14.6 Å². The first-order valence-corrected chi connectivity index (χ1v) is 9.11. The predicted octanol–water partition coefficient (Wildman–Crippen LogP) is 2.11. The number of amides is 1. The minimum absolute atomic E-state index is 0.0345. The number of phenolic OH excluding ortho intramolecular Hbond substituents is 1. The van der Waals surface area contributed by atoms with Crippen molar-refractivity contribution in [2.75, 3.05) is 17.7 Å². The molecule has 0 aliphatic rings. The number of nitro benzene ring substituents is 1. The minimum Gasteiger partial charge on any atom is -0.506 e. The van der Waals surface area contributed by atoms with E-state index in [1.54, 1.807) is 0 Å². The number of nitrogens with one attached hydrogen (secondary N) is 1. The number of phenols is 1. The fraction of sp³-hybridized carbons (Fsp3) is 0.188. The molecule has 2 rings (SSSR count). The first-order valence-electron chi connectivity index (χ1n) is 7.46. The van der Waals surface area contributed by atoms with Crippen LogP contribution in [0.5, 0.6) is 11.5 Å². The second-order valence-corrected chi connectivity index (χ2v) is 7.45. The molecule has 2 aromatic carbocycles. The van der Waals surface area contributed by atoms with E-state index in [2.05, 4.69) is 5.32 Å². The molecule has 0 aliphatic heterocycles. The summed E-state index contributed by atoms with van der Waals surface area (Å²) in [6, 6.07) is 8.87. The summed E-state index contributed by atoms with van der Waals surface area (Å²) in [7, 11) is -3.50. The maximum absolute atomic E-state index is 12.0. The molecule has 138 valence electrons. The number of nitro groups is 1. The van der Waals surface area contributed by atoms with Gasteiger partial charge >= 0.3 is 0 Å². The van der Waals surface area contributed by atoms with Crippen LogP contribution in [-0.4, -0.2) is 36.7 Å². The van der Waals surface area contributed by atoms with E-state index < -0.39 is 27.3 Å². The van der Waals surface area contributed by atoms with Crippen LogP contribution in [0.1, 0.15) is 6.92 Å². The van der Waals surface area contributed by atoms with Crippen LogP contribution < -0.4 is 10.1 Å². The average molecular weight is 380 g/mol. The van der Waals surface area contributed by atoms with Crippen molar-refractivity contribution >= 4 is 27.1 Å². The lowest BCUT2D eigenvalue weighted by Gasteiger charge is -2.10. The van der Waals surface area contributed by atoms with Crippen molar-refractivity contribution < 1.29 is 28.0 Å². The second kappa shape index (κ2) is 7.83. The molecule has 0 unspecified atom stereocenters. The summed E-state index contributed by atoms with van der Waals surface area (Å²) < 4.78 is 28.9. The van der Waals surface area contributed by atoms with Crippen LogP contribution in [0.4, 0.5) is 11.4 Å². The van der Waals surface area contributed by atoms with Crippen molar-refractivity contribution in [1.29, 1.82) is 0 Å². The molecule has 26 heavy (non-hydrogen) atoms. The zero-order valence-electron chi connectivity index (χ0n) is 13.7. The third-order valence-electron chi connectivity index (χ3n) is 3.38. The molecule has 1 amide bonds. The summed E-state index contributed by atoms with van der Waals surface area (Å²) in [6.45, 7) is 0.999. The Bertz CT molecular complexity index is 941. The van der Waals surface area contributed by atoms with Gasteiger partial charge in [0.2, 0.25) is 0 Å². The van der Waals surface area contributed by atoms with Crippen molar-refractivity contribution in [2.45, 2.75) is 11.8 Å². The average Bonchev–Trinajstić information content (AvgIpc) is 2.62. The van der Waals surface area contributed by atoms with Gasteiger partial charge in [-0.1, -0.05) is 13.0 Å². The molecule has 2 N–H and O–H groups in total. The van der Waals surface area contributed by atoms with Gasteiger partial charge in [0.15, 0.2) is 16.4 Å². The number of hydrogen-bond donors (Lipinski definition) is 2. The third-order valence-corrected chi connectivity index (χ3v) is 5.11. The molecular weight excluding hydrogens is 364 g/mol. The summed E-state index contributed by atoms with van der Waals surface area (Å²) in [6.07, 6.45) is 0. The van der Waals surface area contributed by atoms with Gasteiger partial charge in [0.25, 0.3) is 11.6 Å². The number of ether oxygens (including phenoxy) is 1. The maximum Gasteiger partial charge on any atom is 0.273 e. The van der Waals surface area contributed by atoms with Gasteiger partial charge in [-0.2, -0.15) is 0 Å². The second-order valence-electron chi connectivity index (χ2n) is 5.17. The predicted molar refractivity (Wildman–Crippen MR) is 93.1 cm³/mol. The molecular formula is C16H16N2O7S. The van der Waals surface area contributed by atoms with Crippen molar-refractivity contribution in [3.63, 3.8) is 0 Å². The summed E-state index contributed by atoms with van der Waals surface area (Å²) in [4.78, 5) is 22.0. The smallest absolute Gasteiger partial charge is 0.273 e. The summed E-state index contributed by atoms with van der Waals surface area (Å²) in [5, 5.41) is 22.8. The van der Waals surface area contributed by atoms with Gasteiger partial charge in [0.1, 0.15) is 11.5 Å². The van der Waals surface area contributed by atoms with E-state index >= 15 is 0 Å². The van der Waals surface area contributed by atoms with Crippen molar-refractivity contribution in [1.82, 2.24) is 0 Å². The normalized spacial score (nSPS) is 11.0. The Hall–Kier alpha value is -3.14. The van der Waals surface area contributed by atoms with Crippen LogP contribution >= 0.6 is 0 Å². The maximum atomic E-state index is 12.0. The molecule has 0 aliphatic carbocycles. The molecule has 0 bridgehead atoms. The molecule has 2 aromatic rings. The molecule has 0 saturated heterocycles. The molecule has 0 saturated carbocycles. The molecule has 0 atom stereocenters. The molecule has 0 aromatic heterocycles. The lowest BCUT2D eigenvalue weighted by Crippen LogP contribution is -2.20. The van der Waals surface area contributed by atoms with E-state index in [4.69, 9.17) is 4.74 Å². The van der Waals surface area contributed by atoms with Gasteiger partial charge in [-0.15, -0.1) is 0 Å². The van der Waals surface area contributed by atoms with Gasteiger partial charge in [-0.25, -0.2) is 8.42 Å². The van der Waals surface area contributed by atoms with E-state index in [-0.39, 0.29) is 33.5 Å². The largest absolute Gasteiger partial charge is 0.506 e. The van der Waals surface area contributed by atoms with Gasteiger partial charge in [-0.3, -0.25) is 14.9 Å². The first kappa shape index (κ1) is 19.2. The fourth-order valence-corrected chi connectivity index (χ4v) is 2.90. The summed E-state index contributed by atoms with van der Waals surface area (Å²) in [5.74, 6) is -0.969. The first-order chi connectivity index (χ1) is 12.2. The number of anilines is 1. The van der Waals surface area contributed by atoms with Crippen LogP contribution in [0.25, 0.3) is 0 Å². The topological polar surface area (TPSA) is 136 Å². The molecule has 0 fully saturated rings. The van der Waals surface area contributed by atoms with E-state index in [9.17, 15) is 28.4 Å². The number of sulfone groups is 1. The standard InChI is InChI=1S/C16H16N2O7S/c1-2-26(23,24)13-6-7-15(19)14(9-13)17-16(20)10-25-12-5-3-4-11(8-12)18(21)22/h3-9,19H,2,10H2,1H3,(H,17,20). The number of rotatable bonds is 7. The van der Waals surface area contributed by atoms with Gasteiger partial charge in [-0.05, 0) is 24.3 Å².